The van der Waals surface area contributed by atoms with Crippen LogP contribution < -0.4 is 20.3 Å². The Kier molecular flexibility index (Phi) is 7.26. The molecule has 26 heavy (non-hydrogen) atoms. The molecule has 0 unspecified atom stereocenters. The number of hydrogen-bond acceptors (Lipinski definition) is 4. The smallest absolute Gasteiger partial charge is 0.273 e. The van der Waals surface area contributed by atoms with Crippen molar-refractivity contribution < 1.29 is 19.1 Å². The van der Waals surface area contributed by atoms with Crippen LogP contribution >= 0.6 is 22.6 Å². The van der Waals surface area contributed by atoms with Gasteiger partial charge >= 0.3 is 0 Å². The molecule has 138 valence electrons. The predicted molar refractivity (Wildman–Crippen MR) is 107 cm³/mol. The van der Waals surface area contributed by atoms with Crippen LogP contribution in [-0.2, 0) is 0 Å². The lowest BCUT2D eigenvalue weighted by molar-refractivity contribution is 0.0844. The Morgan fingerprint density at radius 1 is 1.04 bits per heavy atom. The van der Waals surface area contributed by atoms with E-state index in [2.05, 4.69) is 33.4 Å². The fraction of sp³-hybridized carbons (Fsp3) is 0.263. The minimum atomic E-state index is -0.444. The number of ether oxygens (including phenoxy) is 2. The van der Waals surface area contributed by atoms with E-state index in [0.717, 1.165) is 3.57 Å². The van der Waals surface area contributed by atoms with Crippen molar-refractivity contribution in [2.45, 2.75) is 13.8 Å². The van der Waals surface area contributed by atoms with Gasteiger partial charge < -0.3 is 9.47 Å². The third-order valence-corrected chi connectivity index (χ3v) is 4.25. The number of nitrogens with one attached hydrogen (secondary N) is 2. The Labute approximate surface area is 166 Å². The molecule has 0 saturated heterocycles. The van der Waals surface area contributed by atoms with Gasteiger partial charge in [-0.3, -0.25) is 20.4 Å². The van der Waals surface area contributed by atoms with Crippen molar-refractivity contribution in [3.8, 4) is 11.5 Å². The molecule has 0 heterocycles. The van der Waals surface area contributed by atoms with Crippen LogP contribution in [0.25, 0.3) is 0 Å². The number of rotatable bonds is 6. The maximum Gasteiger partial charge on any atom is 0.273 e. The maximum atomic E-state index is 12.4. The van der Waals surface area contributed by atoms with E-state index in [1.165, 1.54) is 0 Å². The second-order valence-electron chi connectivity index (χ2n) is 5.96. The lowest BCUT2D eigenvalue weighted by Gasteiger charge is -2.13. The first-order valence-corrected chi connectivity index (χ1v) is 9.16. The molecule has 0 aromatic heterocycles. The maximum absolute atomic E-state index is 12.4. The molecule has 0 aliphatic heterocycles. The Morgan fingerprint density at radius 3 is 2.38 bits per heavy atom. The van der Waals surface area contributed by atoms with Crippen molar-refractivity contribution in [1.82, 2.24) is 10.9 Å². The van der Waals surface area contributed by atoms with E-state index in [9.17, 15) is 9.59 Å². The average Bonchev–Trinajstić information content (AvgIpc) is 2.64. The number of carbonyl (C=O) groups excluding carboxylic acids is 2. The molecule has 0 fully saturated rings. The van der Waals surface area contributed by atoms with Crippen LogP contribution in [-0.4, -0.2) is 25.5 Å². The van der Waals surface area contributed by atoms with Crippen LogP contribution in [0.2, 0.25) is 0 Å². The summed E-state index contributed by atoms with van der Waals surface area (Å²) in [4.78, 5) is 24.6. The zero-order chi connectivity index (χ0) is 19.1. The monoisotopic (exact) mass is 468 g/mol. The quantitative estimate of drug-likeness (QED) is 0.504. The second-order valence-corrected chi connectivity index (χ2v) is 7.12. The van der Waals surface area contributed by atoms with Crippen LogP contribution in [0.5, 0.6) is 11.5 Å². The highest BCUT2D eigenvalue weighted by Gasteiger charge is 2.14. The fourth-order valence-electron chi connectivity index (χ4n) is 2.10. The van der Waals surface area contributed by atoms with Gasteiger partial charge in [0.05, 0.1) is 22.9 Å². The molecule has 0 aliphatic rings. The summed E-state index contributed by atoms with van der Waals surface area (Å²) < 4.78 is 11.6. The van der Waals surface area contributed by atoms with Crippen molar-refractivity contribution in [3.05, 3.63) is 57.2 Å². The fourth-order valence-corrected chi connectivity index (χ4v) is 2.83. The second kappa shape index (κ2) is 9.42. The van der Waals surface area contributed by atoms with Crippen molar-refractivity contribution >= 4 is 34.4 Å². The highest BCUT2D eigenvalue weighted by molar-refractivity contribution is 14.1. The first-order valence-electron chi connectivity index (χ1n) is 8.08. The zero-order valence-corrected chi connectivity index (χ0v) is 17.0. The zero-order valence-electron chi connectivity index (χ0n) is 14.8. The largest absolute Gasteiger partial charge is 0.496 e. The molecule has 2 N–H and O–H groups in total. The molecule has 6 nitrogen and oxygen atoms in total. The SMILES string of the molecule is COc1ccc(C(=O)NNC(=O)c2ccccc2OCC(C)C)cc1I. The van der Waals surface area contributed by atoms with Crippen molar-refractivity contribution in [3.63, 3.8) is 0 Å². The van der Waals surface area contributed by atoms with Crippen LogP contribution in [0.4, 0.5) is 0 Å². The molecular weight excluding hydrogens is 447 g/mol. The number of hydrogen-bond donors (Lipinski definition) is 2. The lowest BCUT2D eigenvalue weighted by Crippen LogP contribution is -2.41. The molecular formula is C19H21IN2O4. The van der Waals surface area contributed by atoms with Crippen molar-refractivity contribution in [1.29, 1.82) is 0 Å². The summed E-state index contributed by atoms with van der Waals surface area (Å²) >= 11 is 2.08. The van der Waals surface area contributed by atoms with E-state index in [1.807, 2.05) is 13.8 Å². The average molecular weight is 468 g/mol. The molecule has 0 atom stereocenters. The third-order valence-electron chi connectivity index (χ3n) is 3.41. The topological polar surface area (TPSA) is 76.7 Å². The molecule has 2 amide bonds. The molecule has 0 spiro atoms. The molecule has 0 bridgehead atoms. The van der Waals surface area contributed by atoms with E-state index in [4.69, 9.17) is 9.47 Å². The van der Waals surface area contributed by atoms with Crippen molar-refractivity contribution in [2.24, 2.45) is 5.92 Å². The molecule has 0 aliphatic carbocycles. The normalized spacial score (nSPS) is 10.3. The van der Waals surface area contributed by atoms with E-state index in [-0.39, 0.29) is 0 Å². The summed E-state index contributed by atoms with van der Waals surface area (Å²) in [6, 6.07) is 11.9. The van der Waals surface area contributed by atoms with Gasteiger partial charge in [0.25, 0.3) is 11.8 Å². The minimum Gasteiger partial charge on any atom is -0.496 e. The summed E-state index contributed by atoms with van der Waals surface area (Å²) in [6.07, 6.45) is 0. The van der Waals surface area contributed by atoms with Gasteiger partial charge in [0.2, 0.25) is 0 Å². The van der Waals surface area contributed by atoms with Gasteiger partial charge in [-0.05, 0) is 58.8 Å². The van der Waals surface area contributed by atoms with Gasteiger partial charge in [-0.15, -0.1) is 0 Å². The number of para-hydroxylation sites is 1. The summed E-state index contributed by atoms with van der Waals surface area (Å²) in [7, 11) is 1.57. The predicted octanol–water partition coefficient (Wildman–Crippen LogP) is 3.41. The van der Waals surface area contributed by atoms with E-state index < -0.39 is 11.8 Å². The molecule has 0 radical (unpaired) electrons. The first-order chi connectivity index (χ1) is 12.4. The van der Waals surface area contributed by atoms with Crippen molar-refractivity contribution in [2.75, 3.05) is 13.7 Å². The first kappa shape index (κ1) is 20.0. The van der Waals surface area contributed by atoms with Crippen LogP contribution in [0.1, 0.15) is 34.6 Å². The van der Waals surface area contributed by atoms with Gasteiger partial charge in [-0.2, -0.15) is 0 Å². The molecule has 2 aromatic carbocycles. The summed E-state index contributed by atoms with van der Waals surface area (Å²) in [6.45, 7) is 4.55. The Morgan fingerprint density at radius 2 is 1.73 bits per heavy atom. The standard InChI is InChI=1S/C19H21IN2O4/c1-12(2)11-26-16-7-5-4-6-14(16)19(24)22-21-18(23)13-8-9-17(25-3)15(20)10-13/h4-10,12H,11H2,1-3H3,(H,21,23)(H,22,24). The van der Waals surface area contributed by atoms with Crippen LogP contribution in [0.3, 0.4) is 0 Å². The number of methoxy groups -OCH3 is 1. The third kappa shape index (κ3) is 5.35. The molecule has 2 aromatic rings. The Bertz CT molecular complexity index is 793. The number of hydrazine groups is 1. The lowest BCUT2D eigenvalue weighted by atomic mass is 10.2. The molecule has 0 saturated carbocycles. The highest BCUT2D eigenvalue weighted by atomic mass is 127. The van der Waals surface area contributed by atoms with Gasteiger partial charge in [0, 0.05) is 5.56 Å². The number of amides is 2. The van der Waals surface area contributed by atoms with Gasteiger partial charge in [0.1, 0.15) is 11.5 Å². The van der Waals surface area contributed by atoms with Crippen LogP contribution in [0.15, 0.2) is 42.5 Å². The minimum absolute atomic E-state index is 0.336. The molecule has 2 rings (SSSR count). The van der Waals surface area contributed by atoms with E-state index >= 15 is 0 Å². The molecule has 7 heteroatoms. The summed E-state index contributed by atoms with van der Waals surface area (Å²) in [5, 5.41) is 0. The Balaban J connectivity index is 2.02. The van der Waals surface area contributed by atoms with E-state index in [1.54, 1.807) is 49.6 Å². The van der Waals surface area contributed by atoms with E-state index in [0.29, 0.717) is 35.2 Å². The van der Waals surface area contributed by atoms with Gasteiger partial charge in [-0.1, -0.05) is 26.0 Å². The Hall–Kier alpha value is -2.29. The van der Waals surface area contributed by atoms with Gasteiger partial charge in [-0.25, -0.2) is 0 Å². The number of carbonyl (C=O) groups is 2. The summed E-state index contributed by atoms with van der Waals surface area (Å²) in [5.41, 5.74) is 5.61. The number of halogens is 1. The highest BCUT2D eigenvalue weighted by Crippen LogP contribution is 2.21. The number of benzene rings is 2. The van der Waals surface area contributed by atoms with Gasteiger partial charge in [0.15, 0.2) is 0 Å². The van der Waals surface area contributed by atoms with Crippen LogP contribution in [0, 0.1) is 9.49 Å². The summed E-state index contributed by atoms with van der Waals surface area (Å²) in [5.74, 6) is 0.637.